The maximum atomic E-state index is 12.6. The lowest BCUT2D eigenvalue weighted by atomic mass is 10.1. The lowest BCUT2D eigenvalue weighted by Gasteiger charge is -2.11. The van der Waals surface area contributed by atoms with Crippen LogP contribution in [-0.2, 0) is 6.61 Å². The van der Waals surface area contributed by atoms with Crippen molar-refractivity contribution in [2.45, 2.75) is 11.8 Å². The minimum atomic E-state index is 0.0114. The lowest BCUT2D eigenvalue weighted by molar-refractivity contribution is 0.102. The number of hydrogen-bond donors (Lipinski definition) is 0. The Labute approximate surface area is 184 Å². The van der Waals surface area contributed by atoms with Crippen LogP contribution in [0.3, 0.4) is 0 Å². The van der Waals surface area contributed by atoms with Crippen molar-refractivity contribution in [2.24, 2.45) is 0 Å². The van der Waals surface area contributed by atoms with E-state index in [4.69, 9.17) is 9.47 Å². The van der Waals surface area contributed by atoms with Gasteiger partial charge in [-0.25, -0.2) is 0 Å². The van der Waals surface area contributed by atoms with Crippen molar-refractivity contribution in [1.82, 2.24) is 14.8 Å². The van der Waals surface area contributed by atoms with Gasteiger partial charge in [-0.2, -0.15) is 0 Å². The summed E-state index contributed by atoms with van der Waals surface area (Å²) in [6.07, 6.45) is 0. The molecule has 0 saturated heterocycles. The van der Waals surface area contributed by atoms with Crippen LogP contribution in [0, 0.1) is 0 Å². The van der Waals surface area contributed by atoms with Gasteiger partial charge in [0.1, 0.15) is 18.1 Å². The molecule has 0 aliphatic heterocycles. The third-order valence-electron chi connectivity index (χ3n) is 4.57. The normalized spacial score (nSPS) is 10.6. The molecule has 1 heterocycles. The summed E-state index contributed by atoms with van der Waals surface area (Å²) in [7, 11) is 1.60. The molecular weight excluding hydrogens is 410 g/mol. The van der Waals surface area contributed by atoms with E-state index < -0.39 is 0 Å². The maximum Gasteiger partial charge on any atom is 0.196 e. The molecule has 31 heavy (non-hydrogen) atoms. The number of methoxy groups -OCH3 is 1. The molecule has 4 aromatic rings. The molecule has 0 fully saturated rings. The van der Waals surface area contributed by atoms with Gasteiger partial charge in [0.15, 0.2) is 16.8 Å². The Hall–Kier alpha value is -3.58. The number of benzene rings is 3. The number of thioether (sulfide) groups is 1. The van der Waals surface area contributed by atoms with E-state index >= 15 is 0 Å². The number of carbonyl (C=O) groups excluding carboxylic acids is 1. The van der Waals surface area contributed by atoms with E-state index in [9.17, 15) is 4.79 Å². The Kier molecular flexibility index (Phi) is 6.64. The molecule has 6 nitrogen and oxygen atoms in total. The molecule has 0 aliphatic carbocycles. The fraction of sp³-hybridized carbons (Fsp3) is 0.125. The summed E-state index contributed by atoms with van der Waals surface area (Å²) in [6, 6.07) is 26.5. The molecule has 0 saturated carbocycles. The predicted octanol–water partition coefficient (Wildman–Crippen LogP) is 4.83. The van der Waals surface area contributed by atoms with Crippen LogP contribution < -0.4 is 9.47 Å². The fourth-order valence-corrected chi connectivity index (χ4v) is 3.84. The number of ether oxygens (including phenoxy) is 2. The first-order valence-corrected chi connectivity index (χ1v) is 10.7. The predicted molar refractivity (Wildman–Crippen MR) is 120 cm³/mol. The van der Waals surface area contributed by atoms with Crippen molar-refractivity contribution >= 4 is 17.5 Å². The highest BCUT2D eigenvalue weighted by Crippen LogP contribution is 2.24. The summed E-state index contributed by atoms with van der Waals surface area (Å²) in [5.74, 6) is 2.40. The van der Waals surface area contributed by atoms with Gasteiger partial charge < -0.3 is 9.47 Å². The SMILES string of the molecule is COc1ccc(C(=O)CSc2nnc(COc3ccccc3)n2-c2ccccc2)cc1. The Balaban J connectivity index is 1.52. The zero-order valence-electron chi connectivity index (χ0n) is 17.0. The molecule has 1 aromatic heterocycles. The van der Waals surface area contributed by atoms with Crippen molar-refractivity contribution in [2.75, 3.05) is 12.9 Å². The summed E-state index contributed by atoms with van der Waals surface area (Å²) >= 11 is 1.35. The Morgan fingerprint density at radius 3 is 2.23 bits per heavy atom. The van der Waals surface area contributed by atoms with Crippen molar-refractivity contribution in [3.05, 3.63) is 96.3 Å². The van der Waals surface area contributed by atoms with Gasteiger partial charge in [-0.15, -0.1) is 10.2 Å². The molecule has 0 amide bonds. The lowest BCUT2D eigenvalue weighted by Crippen LogP contribution is -2.08. The van der Waals surface area contributed by atoms with Crippen molar-refractivity contribution in [3.8, 4) is 17.2 Å². The molecule has 3 aromatic carbocycles. The van der Waals surface area contributed by atoms with Gasteiger partial charge in [0.25, 0.3) is 0 Å². The van der Waals surface area contributed by atoms with E-state index in [1.54, 1.807) is 31.4 Å². The third-order valence-corrected chi connectivity index (χ3v) is 5.50. The van der Waals surface area contributed by atoms with Gasteiger partial charge in [0.2, 0.25) is 0 Å². The van der Waals surface area contributed by atoms with Gasteiger partial charge in [-0.05, 0) is 48.5 Å². The quantitative estimate of drug-likeness (QED) is 0.279. The van der Waals surface area contributed by atoms with Crippen LogP contribution in [0.5, 0.6) is 11.5 Å². The second-order valence-corrected chi connectivity index (χ2v) is 7.55. The first-order chi connectivity index (χ1) is 15.2. The Bertz CT molecular complexity index is 1130. The first kappa shape index (κ1) is 20.7. The average molecular weight is 432 g/mol. The van der Waals surface area contributed by atoms with E-state index in [-0.39, 0.29) is 18.1 Å². The summed E-state index contributed by atoms with van der Waals surface area (Å²) < 4.78 is 12.9. The molecule has 0 spiro atoms. The number of hydrogen-bond acceptors (Lipinski definition) is 6. The van der Waals surface area contributed by atoms with E-state index in [2.05, 4.69) is 10.2 Å². The van der Waals surface area contributed by atoms with E-state index in [0.717, 1.165) is 17.2 Å². The smallest absolute Gasteiger partial charge is 0.196 e. The van der Waals surface area contributed by atoms with Gasteiger partial charge in [-0.3, -0.25) is 9.36 Å². The zero-order valence-corrected chi connectivity index (χ0v) is 17.8. The zero-order chi connectivity index (χ0) is 21.5. The second kappa shape index (κ2) is 9.95. The van der Waals surface area contributed by atoms with Gasteiger partial charge in [0, 0.05) is 11.3 Å². The van der Waals surface area contributed by atoms with Crippen molar-refractivity contribution in [3.63, 3.8) is 0 Å². The number of carbonyl (C=O) groups is 1. The van der Waals surface area contributed by atoms with E-state index in [0.29, 0.717) is 16.5 Å². The Morgan fingerprint density at radius 2 is 1.55 bits per heavy atom. The molecule has 0 bridgehead atoms. The summed E-state index contributed by atoms with van der Waals surface area (Å²) in [4.78, 5) is 12.6. The molecule has 0 radical (unpaired) electrons. The fourth-order valence-electron chi connectivity index (χ4n) is 2.98. The number of nitrogens with zero attached hydrogens (tertiary/aromatic N) is 3. The Morgan fingerprint density at radius 1 is 0.871 bits per heavy atom. The number of Topliss-reactive ketones (excluding diaryl/α,β-unsaturated/α-hetero) is 1. The van der Waals surface area contributed by atoms with Crippen molar-refractivity contribution in [1.29, 1.82) is 0 Å². The monoisotopic (exact) mass is 431 g/mol. The van der Waals surface area contributed by atoms with E-state index in [1.807, 2.05) is 65.2 Å². The first-order valence-electron chi connectivity index (χ1n) is 9.72. The van der Waals surface area contributed by atoms with Gasteiger partial charge in [-0.1, -0.05) is 48.2 Å². The number of para-hydroxylation sites is 2. The molecule has 0 N–H and O–H groups in total. The maximum absolute atomic E-state index is 12.6. The average Bonchev–Trinajstić information content (AvgIpc) is 3.25. The van der Waals surface area contributed by atoms with Crippen LogP contribution in [0.4, 0.5) is 0 Å². The topological polar surface area (TPSA) is 66.2 Å². The minimum absolute atomic E-state index is 0.0114. The number of rotatable bonds is 9. The summed E-state index contributed by atoms with van der Waals surface area (Å²) in [5, 5.41) is 9.28. The highest BCUT2D eigenvalue weighted by molar-refractivity contribution is 7.99. The minimum Gasteiger partial charge on any atom is -0.497 e. The van der Waals surface area contributed by atoms with Crippen LogP contribution in [-0.4, -0.2) is 33.4 Å². The molecular formula is C24H21N3O3S. The molecule has 4 rings (SSSR count). The highest BCUT2D eigenvalue weighted by Gasteiger charge is 2.17. The van der Waals surface area contributed by atoms with Crippen LogP contribution in [0.25, 0.3) is 5.69 Å². The highest BCUT2D eigenvalue weighted by atomic mass is 32.2. The standard InChI is InChI=1S/C24H21N3O3S/c1-29-20-14-12-18(13-15-20)22(28)17-31-24-26-25-23(16-30-21-10-6-3-7-11-21)27(24)19-8-4-2-5-9-19/h2-15H,16-17H2,1H3. The molecule has 0 atom stereocenters. The van der Waals surface area contributed by atoms with E-state index in [1.165, 1.54) is 11.8 Å². The van der Waals surface area contributed by atoms with Crippen LogP contribution >= 0.6 is 11.8 Å². The van der Waals surface area contributed by atoms with Crippen LogP contribution in [0.1, 0.15) is 16.2 Å². The van der Waals surface area contributed by atoms with Gasteiger partial charge >= 0.3 is 0 Å². The molecule has 0 aliphatic rings. The van der Waals surface area contributed by atoms with Crippen LogP contribution in [0.15, 0.2) is 90.1 Å². The number of aromatic nitrogens is 3. The third kappa shape index (κ3) is 5.13. The molecule has 0 unspecified atom stereocenters. The summed E-state index contributed by atoms with van der Waals surface area (Å²) in [6.45, 7) is 0.263. The van der Waals surface area contributed by atoms with Crippen molar-refractivity contribution < 1.29 is 14.3 Å². The molecule has 156 valence electrons. The second-order valence-electron chi connectivity index (χ2n) is 6.61. The van der Waals surface area contributed by atoms with Gasteiger partial charge in [0.05, 0.1) is 12.9 Å². The molecule has 7 heteroatoms. The largest absolute Gasteiger partial charge is 0.497 e. The summed E-state index contributed by atoms with van der Waals surface area (Å²) in [5.41, 5.74) is 1.55. The number of ketones is 1. The van der Waals surface area contributed by atoms with Crippen LogP contribution in [0.2, 0.25) is 0 Å².